The summed E-state index contributed by atoms with van der Waals surface area (Å²) < 4.78 is 0. The molecular weight excluding hydrogens is 645 g/mol. The molecule has 2 heterocycles. The number of anilines is 1. The van der Waals surface area contributed by atoms with Gasteiger partial charge in [0.15, 0.2) is 0 Å². The van der Waals surface area contributed by atoms with Gasteiger partial charge < -0.3 is 5.73 Å². The highest BCUT2D eigenvalue weighted by molar-refractivity contribution is 6.20. The Kier molecular flexibility index (Phi) is 8.79. The molecule has 4 nitrogen and oxygen atoms in total. The summed E-state index contributed by atoms with van der Waals surface area (Å²) in [5.41, 5.74) is 19.2. The third-order valence-electron chi connectivity index (χ3n) is 10.2. The smallest absolute Gasteiger partial charge is 0.0970 e. The van der Waals surface area contributed by atoms with E-state index in [-0.39, 0.29) is 0 Å². The maximum atomic E-state index is 6.66. The van der Waals surface area contributed by atoms with E-state index in [1.807, 2.05) is 36.5 Å². The van der Waals surface area contributed by atoms with Gasteiger partial charge in [-0.15, -0.1) is 0 Å². The number of rotatable bonds is 10. The zero-order chi connectivity index (χ0) is 36.5. The van der Waals surface area contributed by atoms with Crippen molar-refractivity contribution in [2.45, 2.75) is 12.8 Å². The van der Waals surface area contributed by atoms with Crippen molar-refractivity contribution in [1.29, 1.82) is 0 Å². The van der Waals surface area contributed by atoms with Crippen LogP contribution in [0.4, 0.5) is 11.4 Å². The molecule has 2 N–H and O–H groups in total. The molecule has 0 spiro atoms. The molecule has 0 aliphatic rings. The lowest BCUT2D eigenvalue weighted by Gasteiger charge is -2.20. The topological polar surface area (TPSA) is 64.2 Å². The Morgan fingerprint density at radius 3 is 1.98 bits per heavy atom. The van der Waals surface area contributed by atoms with Gasteiger partial charge in [-0.2, -0.15) is 0 Å². The van der Waals surface area contributed by atoms with Crippen LogP contribution >= 0.6 is 0 Å². The van der Waals surface area contributed by atoms with Gasteiger partial charge in [0, 0.05) is 45.5 Å². The fourth-order valence-corrected chi connectivity index (χ4v) is 7.78. The SMILES string of the molecule is C=C/C(=C\CCC(=C)c1c(-c2ccccc2N)c2ccccc2c2ccccc12)c1ccc(-c2cc(C=C)c(N=C)c3ncccc23)c2cccnc12. The summed E-state index contributed by atoms with van der Waals surface area (Å²) in [6.07, 6.45) is 11.1. The van der Waals surface area contributed by atoms with Crippen LogP contribution in [0, 0.1) is 0 Å². The molecular formula is C49H38N4. The Morgan fingerprint density at radius 1 is 0.660 bits per heavy atom. The first-order valence-corrected chi connectivity index (χ1v) is 17.7. The molecule has 2 aromatic heterocycles. The van der Waals surface area contributed by atoms with Crippen molar-refractivity contribution in [2.75, 3.05) is 5.73 Å². The first-order valence-electron chi connectivity index (χ1n) is 17.7. The number of pyridine rings is 2. The van der Waals surface area contributed by atoms with Crippen LogP contribution in [0.15, 0.2) is 165 Å². The predicted octanol–water partition coefficient (Wildman–Crippen LogP) is 13.0. The van der Waals surface area contributed by atoms with Crippen LogP contribution in [-0.2, 0) is 0 Å². The number of benzene rings is 6. The number of hydrogen-bond donors (Lipinski definition) is 1. The lowest BCUT2D eigenvalue weighted by Crippen LogP contribution is -1.97. The summed E-state index contributed by atoms with van der Waals surface area (Å²) in [5, 5.41) is 6.78. The van der Waals surface area contributed by atoms with Crippen molar-refractivity contribution in [3.63, 3.8) is 0 Å². The lowest BCUT2D eigenvalue weighted by molar-refractivity contribution is 1.08. The fourth-order valence-electron chi connectivity index (χ4n) is 7.78. The van der Waals surface area contributed by atoms with Crippen LogP contribution in [0.25, 0.3) is 82.8 Å². The fraction of sp³-hybridized carbons (Fsp3) is 0.0408. The molecule has 0 aliphatic carbocycles. The van der Waals surface area contributed by atoms with Crippen molar-refractivity contribution in [2.24, 2.45) is 4.99 Å². The Labute approximate surface area is 309 Å². The van der Waals surface area contributed by atoms with Gasteiger partial charge in [0.25, 0.3) is 0 Å². The van der Waals surface area contributed by atoms with Gasteiger partial charge in [0.2, 0.25) is 0 Å². The van der Waals surface area contributed by atoms with E-state index in [0.29, 0.717) is 0 Å². The second-order valence-corrected chi connectivity index (χ2v) is 13.1. The average Bonchev–Trinajstić information content (AvgIpc) is 3.21. The van der Waals surface area contributed by atoms with Crippen molar-refractivity contribution in [1.82, 2.24) is 9.97 Å². The van der Waals surface area contributed by atoms with Gasteiger partial charge in [-0.05, 0) is 98.8 Å². The number of para-hydroxylation sites is 1. The van der Waals surface area contributed by atoms with E-state index in [1.165, 1.54) is 21.5 Å². The molecule has 254 valence electrons. The monoisotopic (exact) mass is 682 g/mol. The highest BCUT2D eigenvalue weighted by Gasteiger charge is 2.20. The summed E-state index contributed by atoms with van der Waals surface area (Å²) in [6.45, 7) is 16.8. The molecule has 0 bridgehead atoms. The first-order chi connectivity index (χ1) is 26.0. The molecule has 0 saturated heterocycles. The summed E-state index contributed by atoms with van der Waals surface area (Å²) >= 11 is 0. The zero-order valence-electron chi connectivity index (χ0n) is 29.5. The van der Waals surface area contributed by atoms with E-state index < -0.39 is 0 Å². The molecule has 0 amide bonds. The lowest BCUT2D eigenvalue weighted by atomic mass is 9.83. The molecule has 8 aromatic rings. The van der Waals surface area contributed by atoms with Crippen LogP contribution in [0.1, 0.15) is 29.5 Å². The van der Waals surface area contributed by atoms with E-state index >= 15 is 0 Å². The van der Waals surface area contributed by atoms with Gasteiger partial charge >= 0.3 is 0 Å². The third-order valence-corrected chi connectivity index (χ3v) is 10.2. The highest BCUT2D eigenvalue weighted by atomic mass is 14.8. The molecule has 0 atom stereocenters. The maximum Gasteiger partial charge on any atom is 0.0970 e. The molecule has 0 unspecified atom stereocenters. The second kappa shape index (κ2) is 14.0. The van der Waals surface area contributed by atoms with Crippen LogP contribution in [0.3, 0.4) is 0 Å². The molecule has 0 saturated carbocycles. The minimum atomic E-state index is 0.730. The van der Waals surface area contributed by atoms with Crippen molar-refractivity contribution >= 4 is 78.7 Å². The highest BCUT2D eigenvalue weighted by Crippen LogP contribution is 2.45. The van der Waals surface area contributed by atoms with Crippen LogP contribution in [0.5, 0.6) is 0 Å². The van der Waals surface area contributed by atoms with Crippen LogP contribution in [0.2, 0.25) is 0 Å². The molecule has 0 fully saturated rings. The maximum absolute atomic E-state index is 6.66. The molecule has 0 aliphatic heterocycles. The van der Waals surface area contributed by atoms with Gasteiger partial charge in [0.05, 0.1) is 16.7 Å². The number of fused-ring (bicyclic) bond motifs is 5. The van der Waals surface area contributed by atoms with Gasteiger partial charge in [0.1, 0.15) is 0 Å². The molecule has 4 heteroatoms. The largest absolute Gasteiger partial charge is 0.398 e. The Morgan fingerprint density at radius 2 is 1.28 bits per heavy atom. The van der Waals surface area contributed by atoms with Crippen LogP contribution < -0.4 is 5.73 Å². The minimum absolute atomic E-state index is 0.730. The Hall–Kier alpha value is -6.91. The number of nitrogens with zero attached hydrogens (tertiary/aromatic N) is 3. The van der Waals surface area contributed by atoms with E-state index in [0.717, 1.165) is 96.1 Å². The minimum Gasteiger partial charge on any atom is -0.398 e. The predicted molar refractivity (Wildman–Crippen MR) is 230 cm³/mol. The van der Waals surface area contributed by atoms with Crippen LogP contribution in [-0.4, -0.2) is 16.7 Å². The molecule has 6 aromatic carbocycles. The summed E-state index contributed by atoms with van der Waals surface area (Å²) in [5.74, 6) is 0. The zero-order valence-corrected chi connectivity index (χ0v) is 29.5. The number of hydrogen-bond acceptors (Lipinski definition) is 4. The van der Waals surface area contributed by atoms with E-state index in [9.17, 15) is 0 Å². The van der Waals surface area contributed by atoms with E-state index in [1.54, 1.807) is 12.3 Å². The Balaban J connectivity index is 1.20. The molecule has 8 rings (SSSR count). The number of allylic oxidation sites excluding steroid dienone is 4. The standard InChI is InChI=1S/C49H38N4/c1-5-32(34-26-27-37(40-23-14-28-52-48(34)40)43-30-33(6-2)47(51-4)49-41(43)24-15-29-53-49)17-13-16-31(3)45-38-20-9-7-18-35(38)36-19-8-10-21-39(36)46(45)42-22-11-12-25-44(42)50/h5-12,14-15,17-30H,1-4,13,16,50H2/b32-17+. The Bertz CT molecular complexity index is 2820. The number of nitrogens with two attached hydrogens (primary N) is 1. The number of nitrogen functional groups attached to an aromatic ring is 1. The molecule has 0 radical (unpaired) electrons. The summed E-state index contributed by atoms with van der Waals surface area (Å²) in [7, 11) is 0. The average molecular weight is 683 g/mol. The first kappa shape index (κ1) is 33.2. The van der Waals surface area contributed by atoms with E-state index in [2.05, 4.69) is 127 Å². The van der Waals surface area contributed by atoms with E-state index in [4.69, 9.17) is 17.3 Å². The number of aliphatic imine (C=N–C) groups is 1. The normalized spacial score (nSPS) is 11.7. The van der Waals surface area contributed by atoms with Gasteiger partial charge in [-0.25, -0.2) is 0 Å². The summed E-state index contributed by atoms with van der Waals surface area (Å²) in [4.78, 5) is 13.9. The van der Waals surface area contributed by atoms with Crippen molar-refractivity contribution in [3.05, 3.63) is 176 Å². The molecule has 53 heavy (non-hydrogen) atoms. The van der Waals surface area contributed by atoms with Gasteiger partial charge in [-0.3, -0.25) is 15.0 Å². The third kappa shape index (κ3) is 5.71. The summed E-state index contributed by atoms with van der Waals surface area (Å²) in [6, 6.07) is 39.9. The van der Waals surface area contributed by atoms with Gasteiger partial charge in [-0.1, -0.05) is 129 Å². The van der Waals surface area contributed by atoms with Crippen molar-refractivity contribution < 1.29 is 0 Å². The quantitative estimate of drug-likeness (QED) is 0.0676. The number of aromatic nitrogens is 2. The van der Waals surface area contributed by atoms with Crippen molar-refractivity contribution in [3.8, 4) is 22.3 Å². The second-order valence-electron chi connectivity index (χ2n) is 13.1.